The molecule has 9 nitrogen and oxygen atoms in total. The van der Waals surface area contributed by atoms with E-state index in [2.05, 4.69) is 10.0 Å². The first kappa shape index (κ1) is 26.3. The minimum atomic E-state index is -3.66. The number of carbonyl (C=O) groups is 2. The molecule has 2 fully saturated rings. The zero-order chi connectivity index (χ0) is 25.1. The van der Waals surface area contributed by atoms with Crippen LogP contribution in [0.5, 0.6) is 0 Å². The number of benzene rings is 1. The van der Waals surface area contributed by atoms with Crippen LogP contribution < -0.4 is 15.8 Å². The van der Waals surface area contributed by atoms with Crippen molar-refractivity contribution < 1.29 is 22.7 Å². The van der Waals surface area contributed by atoms with Gasteiger partial charge in [-0.25, -0.2) is 17.9 Å². The van der Waals surface area contributed by atoms with Crippen molar-refractivity contribution in [1.82, 2.24) is 14.9 Å². The third kappa shape index (κ3) is 6.85. The molecule has 34 heavy (non-hydrogen) atoms. The van der Waals surface area contributed by atoms with Crippen LogP contribution in [0, 0.1) is 5.92 Å². The first-order valence-electron chi connectivity index (χ1n) is 12.0. The number of ether oxygens (including phenoxy) is 1. The molecule has 1 aromatic rings. The smallest absolute Gasteiger partial charge is 0.408 e. The molecule has 2 aliphatic carbocycles. The number of rotatable bonds is 7. The highest BCUT2D eigenvalue weighted by Crippen LogP contribution is 2.31. The third-order valence-corrected chi connectivity index (χ3v) is 8.20. The van der Waals surface area contributed by atoms with E-state index in [0.29, 0.717) is 31.4 Å². The van der Waals surface area contributed by atoms with Gasteiger partial charge in [0.25, 0.3) is 0 Å². The van der Waals surface area contributed by atoms with Crippen molar-refractivity contribution in [2.24, 2.45) is 5.92 Å². The number of nitrogen functional groups attached to an aromatic ring is 1. The fourth-order valence-corrected chi connectivity index (χ4v) is 5.80. The summed E-state index contributed by atoms with van der Waals surface area (Å²) in [6.07, 6.45) is 4.81. The van der Waals surface area contributed by atoms with Crippen molar-refractivity contribution in [3.8, 4) is 0 Å². The maximum atomic E-state index is 13.3. The largest absolute Gasteiger partial charge is 0.444 e. The van der Waals surface area contributed by atoms with E-state index in [0.717, 1.165) is 19.3 Å². The number of alkyl carbamates (subject to hydrolysis) is 1. The molecule has 0 unspecified atom stereocenters. The molecule has 0 aromatic heterocycles. The zero-order valence-electron chi connectivity index (χ0n) is 20.5. The van der Waals surface area contributed by atoms with Crippen molar-refractivity contribution in [3.05, 3.63) is 24.3 Å². The lowest BCUT2D eigenvalue weighted by Gasteiger charge is -2.40. The quantitative estimate of drug-likeness (QED) is 0.500. The van der Waals surface area contributed by atoms with Crippen molar-refractivity contribution in [2.75, 3.05) is 12.8 Å². The molecule has 2 saturated carbocycles. The maximum Gasteiger partial charge on any atom is 0.408 e. The van der Waals surface area contributed by atoms with Gasteiger partial charge in [-0.05, 0) is 95.9 Å². The summed E-state index contributed by atoms with van der Waals surface area (Å²) < 4.78 is 33.6. The number of nitrogens with two attached hydrogens (primary N) is 1. The second-order valence-corrected chi connectivity index (χ2v) is 12.2. The van der Waals surface area contributed by atoms with Crippen LogP contribution in [0.4, 0.5) is 10.5 Å². The molecule has 1 atom stereocenters. The van der Waals surface area contributed by atoms with Crippen molar-refractivity contribution in [1.29, 1.82) is 0 Å². The summed E-state index contributed by atoms with van der Waals surface area (Å²) in [5, 5.41) is 2.82. The minimum Gasteiger partial charge on any atom is -0.444 e. The summed E-state index contributed by atoms with van der Waals surface area (Å²) >= 11 is 0. The lowest BCUT2D eigenvalue weighted by molar-refractivity contribution is -0.137. The number of hydrogen-bond donors (Lipinski definition) is 3. The SMILES string of the molecule is CN(C(=O)[C@@H](NC(=O)OC(C)(C)C)C1CCC(NS(=O)(=O)c2ccc(N)cc2)CC1)C1CCC1. The van der Waals surface area contributed by atoms with Crippen LogP contribution in [0.15, 0.2) is 29.2 Å². The fourth-order valence-electron chi connectivity index (χ4n) is 4.49. The molecular weight excluding hydrogens is 456 g/mol. The molecule has 0 bridgehead atoms. The summed E-state index contributed by atoms with van der Waals surface area (Å²) in [5.74, 6) is -0.207. The summed E-state index contributed by atoms with van der Waals surface area (Å²) in [5.41, 5.74) is 5.49. The van der Waals surface area contributed by atoms with E-state index < -0.39 is 27.8 Å². The van der Waals surface area contributed by atoms with Gasteiger partial charge in [-0.2, -0.15) is 0 Å². The normalized spacial score (nSPS) is 22.4. The average Bonchev–Trinajstić information content (AvgIpc) is 2.69. The molecule has 190 valence electrons. The van der Waals surface area contributed by atoms with Gasteiger partial charge in [-0.15, -0.1) is 0 Å². The Kier molecular flexibility index (Phi) is 8.13. The van der Waals surface area contributed by atoms with Crippen molar-refractivity contribution in [2.45, 2.75) is 94.3 Å². The van der Waals surface area contributed by atoms with E-state index in [-0.39, 0.29) is 28.8 Å². The third-order valence-electron chi connectivity index (χ3n) is 6.66. The van der Waals surface area contributed by atoms with Crippen LogP contribution in [-0.2, 0) is 19.6 Å². The summed E-state index contributed by atoms with van der Waals surface area (Å²) in [7, 11) is -1.87. The Morgan fingerprint density at radius 2 is 1.65 bits per heavy atom. The van der Waals surface area contributed by atoms with Gasteiger partial charge >= 0.3 is 6.09 Å². The topological polar surface area (TPSA) is 131 Å². The Hall–Kier alpha value is -2.33. The van der Waals surface area contributed by atoms with Gasteiger partial charge in [-0.3, -0.25) is 4.79 Å². The van der Waals surface area contributed by atoms with Crippen molar-refractivity contribution >= 4 is 27.7 Å². The number of sulfonamides is 1. The predicted octanol–water partition coefficient (Wildman–Crippen LogP) is 3.01. The maximum absolute atomic E-state index is 13.3. The first-order chi connectivity index (χ1) is 15.9. The van der Waals surface area contributed by atoms with Crippen LogP contribution >= 0.6 is 0 Å². The van der Waals surface area contributed by atoms with E-state index in [1.807, 2.05) is 0 Å². The molecule has 1 aromatic carbocycles. The summed E-state index contributed by atoms with van der Waals surface area (Å²) in [6.45, 7) is 5.34. The standard InChI is InChI=1S/C24H38N4O5S/c1-24(2,3)33-23(30)26-21(22(29)28(4)19-6-5-7-19)16-8-12-18(13-9-16)27-34(31,32)20-14-10-17(25)11-15-20/h10-11,14-16,18-19,21,27H,5-9,12-13,25H2,1-4H3,(H,26,30)/t16?,18?,21-/m0/s1. The molecule has 0 radical (unpaired) electrons. The number of likely N-dealkylation sites (N-methyl/N-ethyl adjacent to an activating group) is 1. The second-order valence-electron chi connectivity index (χ2n) is 10.5. The van der Waals surface area contributed by atoms with Gasteiger partial charge < -0.3 is 20.7 Å². The Balaban J connectivity index is 1.65. The Morgan fingerprint density at radius 3 is 2.15 bits per heavy atom. The first-order valence-corrected chi connectivity index (χ1v) is 13.5. The Labute approximate surface area is 202 Å². The number of nitrogens with zero attached hydrogens (tertiary/aromatic N) is 1. The van der Waals surface area contributed by atoms with Gasteiger partial charge in [0.15, 0.2) is 0 Å². The molecule has 3 rings (SSSR count). The van der Waals surface area contributed by atoms with Crippen LogP contribution in [0.3, 0.4) is 0 Å². The van der Waals surface area contributed by atoms with Crippen LogP contribution in [0.25, 0.3) is 0 Å². The van der Waals surface area contributed by atoms with E-state index in [9.17, 15) is 18.0 Å². The number of amides is 2. The number of nitrogens with one attached hydrogen (secondary N) is 2. The molecule has 4 N–H and O–H groups in total. The van der Waals surface area contributed by atoms with E-state index in [1.54, 1.807) is 44.9 Å². The number of carbonyl (C=O) groups excluding carboxylic acids is 2. The van der Waals surface area contributed by atoms with Gasteiger partial charge in [0.1, 0.15) is 11.6 Å². The van der Waals surface area contributed by atoms with Gasteiger partial charge in [0.2, 0.25) is 15.9 Å². The van der Waals surface area contributed by atoms with E-state index in [4.69, 9.17) is 10.5 Å². The zero-order valence-corrected chi connectivity index (χ0v) is 21.4. The summed E-state index contributed by atoms with van der Waals surface area (Å²) in [4.78, 5) is 27.8. The molecule has 0 spiro atoms. The van der Waals surface area contributed by atoms with Gasteiger partial charge in [-0.1, -0.05) is 0 Å². The van der Waals surface area contributed by atoms with Crippen LogP contribution in [-0.4, -0.2) is 56.1 Å². The highest BCUT2D eigenvalue weighted by atomic mass is 32.2. The molecular formula is C24H38N4O5S. The Morgan fingerprint density at radius 1 is 1.06 bits per heavy atom. The molecule has 0 saturated heterocycles. The lowest BCUT2D eigenvalue weighted by Crippen LogP contribution is -2.56. The van der Waals surface area contributed by atoms with Gasteiger partial charge in [0, 0.05) is 24.8 Å². The predicted molar refractivity (Wildman–Crippen MR) is 130 cm³/mol. The lowest BCUT2D eigenvalue weighted by atomic mass is 9.80. The molecule has 0 aliphatic heterocycles. The van der Waals surface area contributed by atoms with Crippen LogP contribution in [0.2, 0.25) is 0 Å². The molecule has 2 amide bonds. The molecule has 0 heterocycles. The molecule has 2 aliphatic rings. The van der Waals surface area contributed by atoms with Crippen LogP contribution in [0.1, 0.15) is 65.7 Å². The van der Waals surface area contributed by atoms with E-state index >= 15 is 0 Å². The second kappa shape index (κ2) is 10.5. The highest BCUT2D eigenvalue weighted by molar-refractivity contribution is 7.89. The van der Waals surface area contributed by atoms with E-state index in [1.165, 1.54) is 12.1 Å². The fraction of sp³-hybridized carbons (Fsp3) is 0.667. The van der Waals surface area contributed by atoms with Crippen molar-refractivity contribution in [3.63, 3.8) is 0 Å². The number of anilines is 1. The van der Waals surface area contributed by atoms with Gasteiger partial charge in [0.05, 0.1) is 4.90 Å². The highest BCUT2D eigenvalue weighted by Gasteiger charge is 2.39. The minimum absolute atomic E-state index is 0.0974. The summed E-state index contributed by atoms with van der Waals surface area (Å²) in [6, 6.07) is 5.36. The monoisotopic (exact) mass is 494 g/mol. The number of hydrogen-bond acceptors (Lipinski definition) is 6. The molecule has 10 heteroatoms. The Bertz CT molecular complexity index is 962. The average molecular weight is 495 g/mol.